The van der Waals surface area contributed by atoms with Crippen molar-refractivity contribution in [3.8, 4) is 16.9 Å². The zero-order valence-corrected chi connectivity index (χ0v) is 21.9. The molecule has 10 heteroatoms. The van der Waals surface area contributed by atoms with Gasteiger partial charge in [0.15, 0.2) is 0 Å². The number of sulfonamides is 1. The van der Waals surface area contributed by atoms with E-state index in [1.807, 2.05) is 43.3 Å². The third-order valence-electron chi connectivity index (χ3n) is 6.69. The summed E-state index contributed by atoms with van der Waals surface area (Å²) in [6.07, 6.45) is 6.23. The average molecular weight is 523 g/mol. The molecule has 3 aromatic heterocycles. The largest absolute Gasteiger partial charge is 0.484 e. The highest BCUT2D eigenvalue weighted by atomic mass is 32.2. The van der Waals surface area contributed by atoms with Crippen LogP contribution in [-0.4, -0.2) is 59.6 Å². The molecule has 9 nitrogen and oxygen atoms in total. The number of aryl methyl sites for hydroxylation is 1. The van der Waals surface area contributed by atoms with Crippen molar-refractivity contribution in [2.75, 3.05) is 32.4 Å². The Morgan fingerprint density at radius 1 is 1.08 bits per heavy atom. The van der Waals surface area contributed by atoms with Crippen LogP contribution in [0, 0.1) is 0 Å². The van der Waals surface area contributed by atoms with E-state index in [1.54, 1.807) is 36.3 Å². The number of aromatic nitrogens is 2. The summed E-state index contributed by atoms with van der Waals surface area (Å²) in [5.74, 6) is 1.27. The van der Waals surface area contributed by atoms with Crippen molar-refractivity contribution in [2.24, 2.45) is 7.05 Å². The second kappa shape index (κ2) is 10.1. The molecule has 5 rings (SSSR count). The molecular formula is C27H30N4O5S. The van der Waals surface area contributed by atoms with Crippen LogP contribution in [0.3, 0.4) is 0 Å². The Labute approximate surface area is 216 Å². The number of pyridine rings is 2. The third kappa shape index (κ3) is 5.46. The van der Waals surface area contributed by atoms with Gasteiger partial charge in [0.2, 0.25) is 10.0 Å². The summed E-state index contributed by atoms with van der Waals surface area (Å²) in [5.41, 5.74) is 2.94. The minimum atomic E-state index is -3.19. The van der Waals surface area contributed by atoms with Crippen molar-refractivity contribution in [3.63, 3.8) is 0 Å². The Bertz CT molecular complexity index is 1570. The van der Waals surface area contributed by atoms with Crippen LogP contribution in [0.5, 0.6) is 5.75 Å². The van der Waals surface area contributed by atoms with Crippen LogP contribution in [0.4, 0.5) is 0 Å². The van der Waals surface area contributed by atoms with Crippen molar-refractivity contribution in [1.29, 1.82) is 0 Å². The van der Waals surface area contributed by atoms with Crippen molar-refractivity contribution >= 4 is 21.0 Å². The summed E-state index contributed by atoms with van der Waals surface area (Å²) in [5, 5.41) is 0.494. The lowest BCUT2D eigenvalue weighted by atomic mass is 10.1. The van der Waals surface area contributed by atoms with Gasteiger partial charge in [-0.2, -0.15) is 4.31 Å². The van der Waals surface area contributed by atoms with Gasteiger partial charge in [0.1, 0.15) is 23.2 Å². The molecule has 0 spiro atoms. The Balaban J connectivity index is 1.41. The summed E-state index contributed by atoms with van der Waals surface area (Å²) >= 11 is 0. The second-order valence-corrected chi connectivity index (χ2v) is 11.4. The average Bonchev–Trinajstić information content (AvgIpc) is 3.30. The monoisotopic (exact) mass is 522 g/mol. The van der Waals surface area contributed by atoms with Crippen LogP contribution in [0.1, 0.15) is 24.4 Å². The summed E-state index contributed by atoms with van der Waals surface area (Å²) in [6.45, 7) is 4.54. The van der Waals surface area contributed by atoms with Gasteiger partial charge in [-0.05, 0) is 24.6 Å². The van der Waals surface area contributed by atoms with Crippen LogP contribution in [0.15, 0.2) is 70.3 Å². The number of nitrogens with zero attached hydrogens (tertiary/aromatic N) is 4. The first-order valence-corrected chi connectivity index (χ1v) is 14.0. The zero-order chi connectivity index (χ0) is 26.2. The van der Waals surface area contributed by atoms with Gasteiger partial charge >= 0.3 is 0 Å². The standard InChI is InChI=1S/C27H30N4O5S/c1-19(20-7-5-4-6-8-20)35-22-13-21(15-28-16-22)25-18-29(2)27(32)24-14-23(36-26(24)25)17-30-9-11-31(12-10-30)37(3,33)34/h4-8,13-16,18-19H,9-12,17H2,1-3H3. The normalized spacial score (nSPS) is 16.2. The van der Waals surface area contributed by atoms with Gasteiger partial charge in [0.05, 0.1) is 24.4 Å². The molecule has 0 amide bonds. The summed E-state index contributed by atoms with van der Waals surface area (Å²) in [6, 6.07) is 13.6. The zero-order valence-electron chi connectivity index (χ0n) is 21.1. The number of hydrogen-bond acceptors (Lipinski definition) is 7. The Hall–Kier alpha value is -3.47. The first kappa shape index (κ1) is 25.2. The molecule has 0 radical (unpaired) electrons. The maximum atomic E-state index is 12.9. The number of piperazine rings is 1. The molecular weight excluding hydrogens is 492 g/mol. The number of rotatable bonds is 7. The molecule has 37 heavy (non-hydrogen) atoms. The van der Waals surface area contributed by atoms with Crippen LogP contribution in [0.25, 0.3) is 22.1 Å². The quantitative estimate of drug-likeness (QED) is 0.367. The van der Waals surface area contributed by atoms with E-state index < -0.39 is 10.0 Å². The van der Waals surface area contributed by atoms with E-state index >= 15 is 0 Å². The third-order valence-corrected chi connectivity index (χ3v) is 7.99. The van der Waals surface area contributed by atoms with Gasteiger partial charge in [-0.25, -0.2) is 8.42 Å². The van der Waals surface area contributed by atoms with Gasteiger partial charge in [0, 0.05) is 56.7 Å². The molecule has 194 valence electrons. The Morgan fingerprint density at radius 2 is 1.81 bits per heavy atom. The van der Waals surface area contributed by atoms with Gasteiger partial charge in [0.25, 0.3) is 5.56 Å². The van der Waals surface area contributed by atoms with Gasteiger partial charge in [-0.3, -0.25) is 14.7 Å². The van der Waals surface area contributed by atoms with Crippen LogP contribution >= 0.6 is 0 Å². The van der Waals surface area contributed by atoms with Crippen molar-refractivity contribution in [3.05, 3.63) is 82.7 Å². The van der Waals surface area contributed by atoms with E-state index in [1.165, 1.54) is 10.6 Å². The molecule has 0 saturated carbocycles. The topological polar surface area (TPSA) is 97.9 Å². The van der Waals surface area contributed by atoms with Crippen molar-refractivity contribution < 1.29 is 17.6 Å². The highest BCUT2D eigenvalue weighted by Crippen LogP contribution is 2.32. The molecule has 4 heterocycles. The lowest BCUT2D eigenvalue weighted by Gasteiger charge is -2.32. The fourth-order valence-corrected chi connectivity index (χ4v) is 5.48. The summed E-state index contributed by atoms with van der Waals surface area (Å²) in [4.78, 5) is 19.4. The van der Waals surface area contributed by atoms with E-state index in [-0.39, 0.29) is 11.7 Å². The molecule has 0 aliphatic carbocycles. The molecule has 1 aliphatic heterocycles. The maximum Gasteiger partial charge on any atom is 0.261 e. The summed E-state index contributed by atoms with van der Waals surface area (Å²) in [7, 11) is -1.48. The molecule has 4 aromatic rings. The first-order valence-electron chi connectivity index (χ1n) is 12.2. The summed E-state index contributed by atoms with van der Waals surface area (Å²) < 4.78 is 39.0. The van der Waals surface area contributed by atoms with E-state index in [4.69, 9.17) is 9.15 Å². The van der Waals surface area contributed by atoms with E-state index in [2.05, 4.69) is 9.88 Å². The molecule has 1 atom stereocenters. The number of benzene rings is 1. The molecule has 0 bridgehead atoms. The fraction of sp³-hybridized carbons (Fsp3) is 0.333. The van der Waals surface area contributed by atoms with Crippen molar-refractivity contribution in [2.45, 2.75) is 19.6 Å². The molecule has 1 saturated heterocycles. The Morgan fingerprint density at radius 3 is 2.51 bits per heavy atom. The minimum Gasteiger partial charge on any atom is -0.484 e. The van der Waals surface area contributed by atoms with Crippen LogP contribution < -0.4 is 10.3 Å². The van der Waals surface area contributed by atoms with Gasteiger partial charge in [-0.1, -0.05) is 30.3 Å². The SMILES string of the molecule is CC(Oc1cncc(-c2cn(C)c(=O)c3cc(CN4CCN(S(C)(=O)=O)CC4)oc23)c1)c1ccccc1. The smallest absolute Gasteiger partial charge is 0.261 e. The van der Waals surface area contributed by atoms with E-state index in [0.29, 0.717) is 55.2 Å². The molecule has 1 fully saturated rings. The molecule has 1 aliphatic rings. The molecule has 1 unspecified atom stereocenters. The number of ether oxygens (including phenoxy) is 1. The number of hydrogen-bond donors (Lipinski definition) is 0. The van der Waals surface area contributed by atoms with Crippen LogP contribution in [-0.2, 0) is 23.6 Å². The number of fused-ring (bicyclic) bond motifs is 1. The highest BCUT2D eigenvalue weighted by molar-refractivity contribution is 7.88. The predicted octanol–water partition coefficient (Wildman–Crippen LogP) is 3.41. The Kier molecular flexibility index (Phi) is 6.89. The first-order chi connectivity index (χ1) is 17.7. The molecule has 1 aromatic carbocycles. The van der Waals surface area contributed by atoms with Crippen LogP contribution in [0.2, 0.25) is 0 Å². The van der Waals surface area contributed by atoms with Gasteiger partial charge < -0.3 is 13.7 Å². The number of furan rings is 1. The van der Waals surface area contributed by atoms with E-state index in [9.17, 15) is 13.2 Å². The minimum absolute atomic E-state index is 0.145. The lowest BCUT2D eigenvalue weighted by Crippen LogP contribution is -2.47. The van der Waals surface area contributed by atoms with E-state index in [0.717, 1.165) is 16.7 Å². The maximum absolute atomic E-state index is 12.9. The highest BCUT2D eigenvalue weighted by Gasteiger charge is 2.24. The van der Waals surface area contributed by atoms with Gasteiger partial charge in [-0.15, -0.1) is 0 Å². The fourth-order valence-electron chi connectivity index (χ4n) is 4.65. The van der Waals surface area contributed by atoms with Crippen molar-refractivity contribution in [1.82, 2.24) is 18.8 Å². The predicted molar refractivity (Wildman–Crippen MR) is 142 cm³/mol. The second-order valence-electron chi connectivity index (χ2n) is 9.43. The lowest BCUT2D eigenvalue weighted by molar-refractivity contribution is 0.172. The molecule has 0 N–H and O–H groups in total.